The minimum Gasteiger partial charge on any atom is -0.368 e. The summed E-state index contributed by atoms with van der Waals surface area (Å²) in [5.74, 6) is -0.182. The smallest absolute Gasteiger partial charge is 0.368 e. The molecular weight excluding hydrogens is 362 g/mol. The van der Waals surface area contributed by atoms with E-state index in [1.165, 1.54) is 12.1 Å². The van der Waals surface area contributed by atoms with Gasteiger partial charge >= 0.3 is 6.18 Å². The van der Waals surface area contributed by atoms with E-state index in [0.717, 1.165) is 6.07 Å². The molecule has 0 aliphatic heterocycles. The van der Waals surface area contributed by atoms with Crippen molar-refractivity contribution in [3.63, 3.8) is 0 Å². The van der Waals surface area contributed by atoms with Crippen molar-refractivity contribution in [1.82, 2.24) is 15.0 Å². The molecule has 5 nitrogen and oxygen atoms in total. The van der Waals surface area contributed by atoms with Crippen molar-refractivity contribution >= 4 is 45.1 Å². The molecule has 1 aromatic heterocycles. The summed E-state index contributed by atoms with van der Waals surface area (Å²) in [6.45, 7) is 0. The lowest BCUT2D eigenvalue weighted by atomic mass is 10.2. The molecule has 0 spiro atoms. The minimum absolute atomic E-state index is 0.0436. The van der Waals surface area contributed by atoms with E-state index in [0.29, 0.717) is 0 Å². The van der Waals surface area contributed by atoms with Crippen LogP contribution in [-0.4, -0.2) is 15.0 Å². The highest BCUT2D eigenvalue weighted by Gasteiger charge is 2.33. The molecule has 0 bridgehead atoms. The van der Waals surface area contributed by atoms with E-state index >= 15 is 0 Å². The Morgan fingerprint density at radius 1 is 1.20 bits per heavy atom. The average Bonchev–Trinajstić information content (AvgIpc) is 2.29. The molecule has 2 rings (SSSR count). The van der Waals surface area contributed by atoms with Crippen LogP contribution in [0.5, 0.6) is 0 Å². The van der Waals surface area contributed by atoms with Gasteiger partial charge in [0.15, 0.2) is 0 Å². The molecular formula is C10H6BrClF3N5. The largest absolute Gasteiger partial charge is 0.417 e. The first kappa shape index (κ1) is 14.8. The van der Waals surface area contributed by atoms with Crippen LogP contribution in [-0.2, 0) is 6.18 Å². The molecule has 0 aliphatic rings. The van der Waals surface area contributed by atoms with Gasteiger partial charge in [0.05, 0.1) is 5.56 Å². The Bertz CT molecular complexity index is 629. The van der Waals surface area contributed by atoms with Crippen molar-refractivity contribution in [3.8, 4) is 0 Å². The number of nitrogens with zero attached hydrogens (tertiary/aromatic N) is 3. The van der Waals surface area contributed by atoms with Gasteiger partial charge in [0.2, 0.25) is 17.2 Å². The molecule has 0 saturated heterocycles. The molecule has 1 heterocycles. The van der Waals surface area contributed by atoms with Crippen LogP contribution in [0, 0.1) is 0 Å². The molecule has 10 heteroatoms. The number of rotatable bonds is 2. The zero-order valence-electron chi connectivity index (χ0n) is 9.54. The summed E-state index contributed by atoms with van der Waals surface area (Å²) >= 11 is 8.42. The fourth-order valence-corrected chi connectivity index (χ4v) is 2.01. The molecule has 0 radical (unpaired) electrons. The number of hydrogen-bond donors (Lipinski definition) is 2. The second-order valence-electron chi connectivity index (χ2n) is 3.60. The highest BCUT2D eigenvalue weighted by Crippen LogP contribution is 2.36. The van der Waals surface area contributed by atoms with Crippen molar-refractivity contribution in [2.24, 2.45) is 0 Å². The second-order valence-corrected chi connectivity index (χ2v) is 4.80. The highest BCUT2D eigenvalue weighted by atomic mass is 79.9. The summed E-state index contributed by atoms with van der Waals surface area (Å²) in [6.07, 6.45) is -4.48. The Morgan fingerprint density at radius 3 is 2.50 bits per heavy atom. The Balaban J connectivity index is 2.35. The van der Waals surface area contributed by atoms with Crippen molar-refractivity contribution in [2.75, 3.05) is 11.1 Å². The summed E-state index contributed by atoms with van der Waals surface area (Å²) < 4.78 is 38.2. The fourth-order valence-electron chi connectivity index (χ4n) is 1.37. The van der Waals surface area contributed by atoms with Crippen LogP contribution >= 0.6 is 27.5 Å². The van der Waals surface area contributed by atoms with Gasteiger partial charge in [0.1, 0.15) is 0 Å². The maximum Gasteiger partial charge on any atom is 0.417 e. The van der Waals surface area contributed by atoms with Gasteiger partial charge in [-0.3, -0.25) is 0 Å². The normalized spacial score (nSPS) is 11.4. The molecule has 0 atom stereocenters. The topological polar surface area (TPSA) is 76.7 Å². The van der Waals surface area contributed by atoms with Crippen molar-refractivity contribution < 1.29 is 13.2 Å². The van der Waals surface area contributed by atoms with Gasteiger partial charge in [-0.15, -0.1) is 0 Å². The van der Waals surface area contributed by atoms with Crippen LogP contribution in [0.4, 0.5) is 30.8 Å². The number of nitrogens with one attached hydrogen (secondary N) is 1. The lowest BCUT2D eigenvalue weighted by Crippen LogP contribution is -2.08. The number of halogens is 5. The summed E-state index contributed by atoms with van der Waals surface area (Å²) in [4.78, 5) is 11.0. The first-order valence-corrected chi connectivity index (χ1v) is 6.23. The number of anilines is 3. The van der Waals surface area contributed by atoms with Crippen LogP contribution in [0.2, 0.25) is 5.28 Å². The van der Waals surface area contributed by atoms with Gasteiger partial charge in [-0.2, -0.15) is 28.1 Å². The van der Waals surface area contributed by atoms with Gasteiger partial charge in [-0.25, -0.2) is 0 Å². The fraction of sp³-hybridized carbons (Fsp3) is 0.100. The summed E-state index contributed by atoms with van der Waals surface area (Å²) in [6, 6.07) is 3.60. The molecule has 1 aromatic carbocycles. The van der Waals surface area contributed by atoms with Gasteiger partial charge in [-0.05, 0) is 29.8 Å². The van der Waals surface area contributed by atoms with Gasteiger partial charge in [-0.1, -0.05) is 15.9 Å². The van der Waals surface area contributed by atoms with E-state index in [1.54, 1.807) is 0 Å². The van der Waals surface area contributed by atoms with Crippen LogP contribution in [0.3, 0.4) is 0 Å². The minimum atomic E-state index is -4.48. The Kier molecular flexibility index (Phi) is 4.00. The third kappa shape index (κ3) is 3.48. The number of alkyl halides is 3. The Labute approximate surface area is 124 Å². The molecule has 0 aliphatic carbocycles. The van der Waals surface area contributed by atoms with Crippen LogP contribution in [0.1, 0.15) is 5.56 Å². The van der Waals surface area contributed by atoms with E-state index < -0.39 is 11.7 Å². The number of nitrogens with two attached hydrogens (primary N) is 1. The number of hydrogen-bond acceptors (Lipinski definition) is 5. The first-order chi connectivity index (χ1) is 9.25. The summed E-state index contributed by atoms with van der Waals surface area (Å²) in [5, 5.41) is 2.42. The predicted octanol–water partition coefficient (Wildman–Crippen LogP) is 3.63. The lowest BCUT2D eigenvalue weighted by molar-refractivity contribution is -0.138. The lowest BCUT2D eigenvalue weighted by Gasteiger charge is -2.12. The molecule has 0 saturated carbocycles. The molecule has 3 N–H and O–H groups in total. The molecule has 20 heavy (non-hydrogen) atoms. The number of nitrogen functional groups attached to an aromatic ring is 1. The van der Waals surface area contributed by atoms with Crippen molar-refractivity contribution in [3.05, 3.63) is 33.5 Å². The van der Waals surface area contributed by atoms with Crippen LogP contribution in [0.15, 0.2) is 22.7 Å². The van der Waals surface area contributed by atoms with Gasteiger partial charge < -0.3 is 11.1 Å². The van der Waals surface area contributed by atoms with Crippen LogP contribution in [0.25, 0.3) is 0 Å². The van der Waals surface area contributed by atoms with Crippen molar-refractivity contribution in [2.45, 2.75) is 6.18 Å². The maximum atomic E-state index is 12.8. The Morgan fingerprint density at radius 2 is 1.90 bits per heavy atom. The number of benzene rings is 1. The molecule has 2 aromatic rings. The van der Waals surface area contributed by atoms with Crippen molar-refractivity contribution in [1.29, 1.82) is 0 Å². The molecule has 0 amide bonds. The molecule has 0 fully saturated rings. The standard InChI is InChI=1S/C10H6BrClF3N5/c11-6-2-1-4(3-5(6)10(13,14)15)17-9-19-7(12)18-8(16)20-9/h1-3H,(H3,16,17,18,19,20). The average molecular weight is 369 g/mol. The predicted molar refractivity (Wildman–Crippen MR) is 71.7 cm³/mol. The summed E-state index contributed by atoms with van der Waals surface area (Å²) in [5.41, 5.74) is 4.68. The van der Waals surface area contributed by atoms with E-state index in [2.05, 4.69) is 36.2 Å². The quantitative estimate of drug-likeness (QED) is 0.846. The van der Waals surface area contributed by atoms with Crippen LogP contribution < -0.4 is 11.1 Å². The zero-order valence-corrected chi connectivity index (χ0v) is 11.9. The monoisotopic (exact) mass is 367 g/mol. The van der Waals surface area contributed by atoms with E-state index in [9.17, 15) is 13.2 Å². The third-order valence-corrected chi connectivity index (χ3v) is 3.01. The zero-order chi connectivity index (χ0) is 14.9. The van der Waals surface area contributed by atoms with Gasteiger partial charge in [0.25, 0.3) is 0 Å². The maximum absolute atomic E-state index is 12.8. The number of aromatic nitrogens is 3. The first-order valence-electron chi connectivity index (χ1n) is 5.06. The Hall–Kier alpha value is -1.61. The second kappa shape index (κ2) is 5.41. The SMILES string of the molecule is Nc1nc(Cl)nc(Nc2ccc(Br)c(C(F)(F)F)c2)n1. The van der Waals surface area contributed by atoms with E-state index in [4.69, 9.17) is 17.3 Å². The van der Waals surface area contributed by atoms with E-state index in [-0.39, 0.29) is 27.3 Å². The highest BCUT2D eigenvalue weighted by molar-refractivity contribution is 9.10. The molecule has 106 valence electrons. The third-order valence-electron chi connectivity index (χ3n) is 2.15. The van der Waals surface area contributed by atoms with E-state index in [1.807, 2.05) is 0 Å². The molecule has 0 unspecified atom stereocenters. The van der Waals surface area contributed by atoms with Gasteiger partial charge in [0, 0.05) is 10.2 Å². The summed E-state index contributed by atoms with van der Waals surface area (Å²) in [7, 11) is 0.